The second kappa shape index (κ2) is 2.96. The molecule has 0 aliphatic carbocycles. The Labute approximate surface area is 81.9 Å². The Morgan fingerprint density at radius 3 is 2.31 bits per heavy atom. The molecule has 2 fully saturated rings. The van der Waals surface area contributed by atoms with Crippen molar-refractivity contribution in [3.63, 3.8) is 0 Å². The van der Waals surface area contributed by atoms with Gasteiger partial charge in [-0.3, -0.25) is 4.90 Å². The fourth-order valence-electron chi connectivity index (χ4n) is 2.81. The first-order chi connectivity index (χ1) is 6.04. The molecule has 2 aliphatic heterocycles. The minimum absolute atomic E-state index is 0.417. The van der Waals surface area contributed by atoms with Gasteiger partial charge in [-0.25, -0.2) is 0 Å². The van der Waals surface area contributed by atoms with Gasteiger partial charge < -0.3 is 4.90 Å². The maximum atomic E-state index is 2.72. The summed E-state index contributed by atoms with van der Waals surface area (Å²) >= 11 is 0. The maximum Gasteiger partial charge on any atom is 0.0244 e. The van der Waals surface area contributed by atoms with Crippen LogP contribution in [0.25, 0.3) is 0 Å². The van der Waals surface area contributed by atoms with Gasteiger partial charge in [-0.1, -0.05) is 6.92 Å². The zero-order valence-corrected chi connectivity index (χ0v) is 9.38. The van der Waals surface area contributed by atoms with E-state index in [0.29, 0.717) is 5.54 Å². The summed E-state index contributed by atoms with van der Waals surface area (Å²) in [5.74, 6) is 0. The fraction of sp³-hybridized carbons (Fsp3) is 1.00. The minimum Gasteiger partial charge on any atom is -0.301 e. The van der Waals surface area contributed by atoms with Gasteiger partial charge in [-0.2, -0.15) is 0 Å². The van der Waals surface area contributed by atoms with Crippen molar-refractivity contribution in [3.8, 4) is 0 Å². The summed E-state index contributed by atoms with van der Waals surface area (Å²) in [7, 11) is 2.26. The van der Waals surface area contributed by atoms with Crippen LogP contribution in [0.1, 0.15) is 33.6 Å². The average Bonchev–Trinajstić information content (AvgIpc) is 2.62. The van der Waals surface area contributed by atoms with Crippen molar-refractivity contribution in [2.45, 2.75) is 51.2 Å². The summed E-state index contributed by atoms with van der Waals surface area (Å²) < 4.78 is 0. The van der Waals surface area contributed by atoms with Crippen LogP contribution in [-0.4, -0.2) is 47.6 Å². The van der Waals surface area contributed by atoms with Gasteiger partial charge in [-0.15, -0.1) is 0 Å². The molecule has 0 saturated carbocycles. The summed E-state index contributed by atoms with van der Waals surface area (Å²) in [6.07, 6.45) is 2.67. The minimum atomic E-state index is 0.417. The van der Waals surface area contributed by atoms with E-state index in [1.54, 1.807) is 0 Å². The van der Waals surface area contributed by atoms with Crippen LogP contribution in [0.2, 0.25) is 0 Å². The van der Waals surface area contributed by atoms with Crippen molar-refractivity contribution in [3.05, 3.63) is 0 Å². The Morgan fingerprint density at radius 2 is 1.92 bits per heavy atom. The molecule has 2 saturated heterocycles. The lowest BCUT2D eigenvalue weighted by atomic mass is 9.98. The first kappa shape index (κ1) is 9.47. The molecular formula is C11H22N2. The van der Waals surface area contributed by atoms with Gasteiger partial charge >= 0.3 is 0 Å². The zero-order valence-electron chi connectivity index (χ0n) is 9.38. The van der Waals surface area contributed by atoms with E-state index in [1.165, 1.54) is 25.9 Å². The van der Waals surface area contributed by atoms with Crippen LogP contribution in [0.3, 0.4) is 0 Å². The molecule has 2 heterocycles. The summed E-state index contributed by atoms with van der Waals surface area (Å²) in [5.41, 5.74) is 0.417. The Balaban J connectivity index is 2.06. The standard InChI is InChI=1S/C11H22N2/c1-5-11(2,3)13-8-9-6-10(13)7-12(9)4/h9-10H,5-8H2,1-4H3. The van der Waals surface area contributed by atoms with E-state index < -0.39 is 0 Å². The smallest absolute Gasteiger partial charge is 0.0244 e. The van der Waals surface area contributed by atoms with Crippen molar-refractivity contribution in [1.29, 1.82) is 0 Å². The summed E-state index contributed by atoms with van der Waals surface area (Å²) in [5, 5.41) is 0. The average molecular weight is 182 g/mol. The van der Waals surface area contributed by atoms with Gasteiger partial charge in [-0.05, 0) is 33.7 Å². The second-order valence-corrected chi connectivity index (χ2v) is 5.30. The first-order valence-corrected chi connectivity index (χ1v) is 5.51. The Kier molecular flexibility index (Phi) is 2.16. The largest absolute Gasteiger partial charge is 0.301 e. The van der Waals surface area contributed by atoms with Crippen LogP contribution in [0.15, 0.2) is 0 Å². The van der Waals surface area contributed by atoms with Gasteiger partial charge in [0.2, 0.25) is 0 Å². The van der Waals surface area contributed by atoms with Crippen LogP contribution in [0.5, 0.6) is 0 Å². The first-order valence-electron chi connectivity index (χ1n) is 5.51. The van der Waals surface area contributed by atoms with Crippen molar-refractivity contribution in [1.82, 2.24) is 9.80 Å². The molecule has 76 valence electrons. The highest BCUT2D eigenvalue weighted by atomic mass is 15.4. The number of fused-ring (bicyclic) bond motifs is 2. The van der Waals surface area contributed by atoms with Gasteiger partial charge in [0, 0.05) is 30.7 Å². The molecule has 0 aromatic carbocycles. The van der Waals surface area contributed by atoms with E-state index in [2.05, 4.69) is 37.6 Å². The lowest BCUT2D eigenvalue weighted by Gasteiger charge is -2.42. The maximum absolute atomic E-state index is 2.72. The molecular weight excluding hydrogens is 160 g/mol. The number of nitrogens with zero attached hydrogens (tertiary/aromatic N) is 2. The number of rotatable bonds is 2. The lowest BCUT2D eigenvalue weighted by molar-refractivity contribution is 0.0538. The molecule has 2 unspecified atom stereocenters. The van der Waals surface area contributed by atoms with Crippen LogP contribution in [0.4, 0.5) is 0 Å². The van der Waals surface area contributed by atoms with Crippen LogP contribution in [0, 0.1) is 0 Å². The predicted octanol–water partition coefficient (Wildman–Crippen LogP) is 1.56. The molecule has 2 bridgehead atoms. The molecule has 0 N–H and O–H groups in total. The molecule has 2 nitrogen and oxygen atoms in total. The second-order valence-electron chi connectivity index (χ2n) is 5.30. The molecule has 13 heavy (non-hydrogen) atoms. The predicted molar refractivity (Wildman–Crippen MR) is 55.9 cm³/mol. The summed E-state index contributed by atoms with van der Waals surface area (Å²) in [4.78, 5) is 5.24. The third kappa shape index (κ3) is 1.40. The van der Waals surface area contributed by atoms with Crippen LogP contribution >= 0.6 is 0 Å². The number of hydrogen-bond acceptors (Lipinski definition) is 2. The molecule has 0 spiro atoms. The molecule has 2 atom stereocenters. The van der Waals surface area contributed by atoms with Crippen molar-refractivity contribution in [2.75, 3.05) is 20.1 Å². The monoisotopic (exact) mass is 182 g/mol. The Hall–Kier alpha value is -0.0800. The van der Waals surface area contributed by atoms with Crippen LogP contribution in [-0.2, 0) is 0 Å². The fourth-order valence-corrected chi connectivity index (χ4v) is 2.81. The summed E-state index contributed by atoms with van der Waals surface area (Å²) in [6, 6.07) is 1.68. The van der Waals surface area contributed by atoms with Gasteiger partial charge in [0.1, 0.15) is 0 Å². The highest BCUT2D eigenvalue weighted by Gasteiger charge is 2.45. The number of likely N-dealkylation sites (N-methyl/N-ethyl adjacent to an activating group) is 1. The molecule has 0 amide bonds. The molecule has 0 radical (unpaired) electrons. The SMILES string of the molecule is CCC(C)(C)N1CC2CC1CN2C. The normalized spacial score (nSPS) is 36.0. The van der Waals surface area contributed by atoms with Crippen molar-refractivity contribution < 1.29 is 0 Å². The number of hydrogen-bond donors (Lipinski definition) is 0. The van der Waals surface area contributed by atoms with E-state index in [-0.39, 0.29) is 0 Å². The van der Waals surface area contributed by atoms with E-state index in [4.69, 9.17) is 0 Å². The Bertz CT molecular complexity index is 198. The number of piperazine rings is 1. The van der Waals surface area contributed by atoms with Gasteiger partial charge in [0.05, 0.1) is 0 Å². The topological polar surface area (TPSA) is 6.48 Å². The highest BCUT2D eigenvalue weighted by Crippen LogP contribution is 2.35. The lowest BCUT2D eigenvalue weighted by Crippen LogP contribution is -2.53. The molecule has 0 aromatic heterocycles. The molecule has 2 heteroatoms. The molecule has 2 aliphatic rings. The Morgan fingerprint density at radius 1 is 1.23 bits per heavy atom. The van der Waals surface area contributed by atoms with Gasteiger partial charge in [0.25, 0.3) is 0 Å². The zero-order chi connectivity index (χ0) is 9.64. The van der Waals surface area contributed by atoms with Gasteiger partial charge in [0.15, 0.2) is 0 Å². The van der Waals surface area contributed by atoms with E-state index >= 15 is 0 Å². The third-order valence-electron chi connectivity index (χ3n) is 4.16. The van der Waals surface area contributed by atoms with E-state index in [9.17, 15) is 0 Å². The molecule has 2 rings (SSSR count). The van der Waals surface area contributed by atoms with Crippen LogP contribution < -0.4 is 0 Å². The van der Waals surface area contributed by atoms with E-state index in [0.717, 1.165) is 12.1 Å². The number of likely N-dealkylation sites (tertiary alicyclic amines) is 2. The summed E-state index contributed by atoms with van der Waals surface area (Å²) in [6.45, 7) is 9.65. The highest BCUT2D eigenvalue weighted by molar-refractivity contribution is 5.02. The third-order valence-corrected chi connectivity index (χ3v) is 4.16. The molecule has 0 aromatic rings. The van der Waals surface area contributed by atoms with E-state index in [1.807, 2.05) is 0 Å². The van der Waals surface area contributed by atoms with Crippen molar-refractivity contribution >= 4 is 0 Å². The van der Waals surface area contributed by atoms with Crippen molar-refractivity contribution in [2.24, 2.45) is 0 Å². The quantitative estimate of drug-likeness (QED) is 0.639.